The van der Waals surface area contributed by atoms with Crippen molar-refractivity contribution >= 4 is 17.4 Å². The highest BCUT2D eigenvalue weighted by molar-refractivity contribution is 6.12. The fraction of sp³-hybridized carbons (Fsp3) is 0.231. The molecule has 1 saturated carbocycles. The van der Waals surface area contributed by atoms with Crippen molar-refractivity contribution in [2.75, 3.05) is 12.4 Å². The lowest BCUT2D eigenvalue weighted by molar-refractivity contribution is -0.129. The topological polar surface area (TPSA) is 75.6 Å². The van der Waals surface area contributed by atoms with Crippen molar-refractivity contribution in [2.45, 2.75) is 17.9 Å². The van der Waals surface area contributed by atoms with E-state index in [9.17, 15) is 14.7 Å². The largest absolute Gasteiger partial charge is 0.497 e. The number of hydrogen-bond acceptors (Lipinski definition) is 4. The number of carbonyl (C=O) groups is 2. The average Bonchev–Trinajstić information content (AvgIpc) is 3.08. The van der Waals surface area contributed by atoms with Gasteiger partial charge in [0.25, 0.3) is 0 Å². The summed E-state index contributed by atoms with van der Waals surface area (Å²) in [4.78, 5) is 27.2. The molecule has 4 unspecified atom stereocenters. The van der Waals surface area contributed by atoms with Gasteiger partial charge >= 0.3 is 0 Å². The quantitative estimate of drug-likeness (QED) is 0.677. The first-order chi connectivity index (χ1) is 15.0. The van der Waals surface area contributed by atoms with E-state index >= 15 is 0 Å². The van der Waals surface area contributed by atoms with E-state index in [2.05, 4.69) is 5.32 Å². The van der Waals surface area contributed by atoms with Gasteiger partial charge in [0, 0.05) is 11.5 Å². The summed E-state index contributed by atoms with van der Waals surface area (Å²) < 4.78 is 5.27. The molecular formula is C26H23NO4. The molecule has 3 aromatic carbocycles. The van der Waals surface area contributed by atoms with E-state index in [4.69, 9.17) is 4.74 Å². The lowest BCUT2D eigenvalue weighted by atomic mass is 9.77. The summed E-state index contributed by atoms with van der Waals surface area (Å²) in [5.41, 5.74) is 1.08. The molecule has 0 saturated heterocycles. The minimum absolute atomic E-state index is 0.119. The second-order valence-corrected chi connectivity index (χ2v) is 8.28. The van der Waals surface area contributed by atoms with Gasteiger partial charge in [-0.15, -0.1) is 0 Å². The van der Waals surface area contributed by atoms with Gasteiger partial charge in [-0.3, -0.25) is 9.59 Å². The highest BCUT2D eigenvalue weighted by atomic mass is 16.5. The Labute approximate surface area is 180 Å². The fourth-order valence-electron chi connectivity index (χ4n) is 5.23. The number of para-hydroxylation sites is 1. The summed E-state index contributed by atoms with van der Waals surface area (Å²) in [5.74, 6) is -1.63. The van der Waals surface area contributed by atoms with Gasteiger partial charge < -0.3 is 15.2 Å². The first-order valence-corrected chi connectivity index (χ1v) is 10.4. The number of ketones is 1. The summed E-state index contributed by atoms with van der Waals surface area (Å²) >= 11 is 0. The number of Topliss-reactive ketones (excluding diaryl/α,β-unsaturated/α-hetero) is 1. The molecule has 4 atom stereocenters. The number of nitrogens with one attached hydrogen (secondary N) is 1. The third kappa shape index (κ3) is 3.04. The Morgan fingerprint density at radius 2 is 1.61 bits per heavy atom. The van der Waals surface area contributed by atoms with Gasteiger partial charge in [-0.2, -0.15) is 0 Å². The molecule has 5 heteroatoms. The Bertz CT molecular complexity index is 1140. The van der Waals surface area contributed by atoms with Crippen LogP contribution in [-0.2, 0) is 10.4 Å². The van der Waals surface area contributed by atoms with Gasteiger partial charge in [0.15, 0.2) is 5.78 Å². The predicted molar refractivity (Wildman–Crippen MR) is 117 cm³/mol. The SMILES string of the molecule is COc1ccc(C2CC(O)(c3ccccc3)C3C(=O)Nc4ccccc4C(=O)C23)cc1. The van der Waals surface area contributed by atoms with Crippen molar-refractivity contribution in [2.24, 2.45) is 11.8 Å². The summed E-state index contributed by atoms with van der Waals surface area (Å²) in [7, 11) is 1.60. The molecule has 0 spiro atoms. The monoisotopic (exact) mass is 413 g/mol. The third-order valence-corrected chi connectivity index (χ3v) is 6.69. The van der Waals surface area contributed by atoms with Gasteiger partial charge in [-0.05, 0) is 47.7 Å². The zero-order valence-corrected chi connectivity index (χ0v) is 17.1. The highest BCUT2D eigenvalue weighted by Gasteiger charge is 2.60. The number of rotatable bonds is 3. The van der Waals surface area contributed by atoms with Crippen LogP contribution in [0.3, 0.4) is 0 Å². The van der Waals surface area contributed by atoms with E-state index in [0.717, 1.165) is 5.56 Å². The molecule has 5 nitrogen and oxygen atoms in total. The molecule has 5 rings (SSSR count). The van der Waals surface area contributed by atoms with Crippen molar-refractivity contribution in [3.63, 3.8) is 0 Å². The fourth-order valence-corrected chi connectivity index (χ4v) is 5.23. The molecule has 1 aliphatic heterocycles. The lowest BCUT2D eigenvalue weighted by Gasteiger charge is -2.30. The molecule has 0 aromatic heterocycles. The average molecular weight is 413 g/mol. The van der Waals surface area contributed by atoms with Crippen molar-refractivity contribution < 1.29 is 19.4 Å². The molecule has 2 N–H and O–H groups in total. The number of benzene rings is 3. The van der Waals surface area contributed by atoms with E-state index < -0.39 is 17.4 Å². The van der Waals surface area contributed by atoms with Gasteiger partial charge in [0.05, 0.1) is 18.7 Å². The second-order valence-electron chi connectivity index (χ2n) is 8.28. The zero-order valence-electron chi connectivity index (χ0n) is 17.1. The van der Waals surface area contributed by atoms with Crippen molar-refractivity contribution in [1.29, 1.82) is 0 Å². The van der Waals surface area contributed by atoms with Crippen LogP contribution >= 0.6 is 0 Å². The Hall–Kier alpha value is -3.44. The molecule has 0 bridgehead atoms. The summed E-state index contributed by atoms with van der Waals surface area (Å²) in [6.45, 7) is 0. The molecule has 1 fully saturated rings. The highest BCUT2D eigenvalue weighted by Crippen LogP contribution is 2.56. The standard InChI is InChI=1S/C26H23NO4/c1-31-18-13-11-16(12-14-18)20-15-26(30,17-7-3-2-4-8-17)23-22(20)24(28)19-9-5-6-10-21(19)27-25(23)29/h2-14,20,22-23,30H,15H2,1H3,(H,27,29). The van der Waals surface area contributed by atoms with Gasteiger partial charge in [0.1, 0.15) is 11.4 Å². The van der Waals surface area contributed by atoms with Crippen molar-refractivity contribution in [1.82, 2.24) is 0 Å². The maximum absolute atomic E-state index is 13.8. The molecule has 1 amide bonds. The first kappa shape index (κ1) is 19.5. The number of carbonyl (C=O) groups excluding carboxylic acids is 2. The molecule has 0 radical (unpaired) electrons. The maximum atomic E-state index is 13.8. The van der Waals surface area contributed by atoms with E-state index in [1.807, 2.05) is 54.6 Å². The number of methoxy groups -OCH3 is 1. The molecule has 1 aliphatic carbocycles. The molecule has 2 aliphatic rings. The number of ether oxygens (including phenoxy) is 1. The minimum atomic E-state index is -1.46. The van der Waals surface area contributed by atoms with Crippen molar-refractivity contribution in [3.05, 3.63) is 95.6 Å². The third-order valence-electron chi connectivity index (χ3n) is 6.69. The molecule has 31 heavy (non-hydrogen) atoms. The van der Waals surface area contributed by atoms with Crippen LogP contribution in [0.5, 0.6) is 5.75 Å². The van der Waals surface area contributed by atoms with Gasteiger partial charge in [-0.1, -0.05) is 54.6 Å². The minimum Gasteiger partial charge on any atom is -0.497 e. The number of anilines is 1. The second kappa shape index (κ2) is 7.36. The van der Waals surface area contributed by atoms with Gasteiger partial charge in [-0.25, -0.2) is 0 Å². The van der Waals surface area contributed by atoms with Crippen LogP contribution in [0.15, 0.2) is 78.9 Å². The van der Waals surface area contributed by atoms with Crippen LogP contribution in [0, 0.1) is 11.8 Å². The number of amides is 1. The summed E-state index contributed by atoms with van der Waals surface area (Å²) in [6, 6.07) is 23.8. The number of fused-ring (bicyclic) bond motifs is 2. The molecule has 156 valence electrons. The Morgan fingerprint density at radius 3 is 2.32 bits per heavy atom. The van der Waals surface area contributed by atoms with Crippen LogP contribution in [0.4, 0.5) is 5.69 Å². The molecule has 3 aromatic rings. The number of aliphatic hydroxyl groups is 1. The van der Waals surface area contributed by atoms with Crippen LogP contribution in [0.25, 0.3) is 0 Å². The first-order valence-electron chi connectivity index (χ1n) is 10.4. The van der Waals surface area contributed by atoms with Crippen LogP contribution in [0.1, 0.15) is 33.8 Å². The van der Waals surface area contributed by atoms with Crippen molar-refractivity contribution in [3.8, 4) is 5.75 Å². The van der Waals surface area contributed by atoms with E-state index in [1.54, 1.807) is 31.4 Å². The molecular weight excluding hydrogens is 390 g/mol. The van der Waals surface area contributed by atoms with E-state index in [0.29, 0.717) is 22.6 Å². The lowest BCUT2D eigenvalue weighted by Crippen LogP contribution is -2.41. The summed E-state index contributed by atoms with van der Waals surface area (Å²) in [5, 5.41) is 14.8. The Morgan fingerprint density at radius 1 is 0.935 bits per heavy atom. The predicted octanol–water partition coefficient (Wildman–Crippen LogP) is 4.14. The van der Waals surface area contributed by atoms with Gasteiger partial charge in [0.2, 0.25) is 5.91 Å². The van der Waals surface area contributed by atoms with Crippen LogP contribution in [-0.4, -0.2) is 23.9 Å². The Kier molecular flexibility index (Phi) is 4.63. The van der Waals surface area contributed by atoms with E-state index in [-0.39, 0.29) is 24.0 Å². The summed E-state index contributed by atoms with van der Waals surface area (Å²) in [6.07, 6.45) is 0.278. The maximum Gasteiger partial charge on any atom is 0.231 e. The smallest absolute Gasteiger partial charge is 0.231 e. The van der Waals surface area contributed by atoms with E-state index in [1.165, 1.54) is 0 Å². The molecule has 1 heterocycles. The van der Waals surface area contributed by atoms with Crippen LogP contribution in [0.2, 0.25) is 0 Å². The van der Waals surface area contributed by atoms with Crippen LogP contribution < -0.4 is 10.1 Å². The number of hydrogen-bond donors (Lipinski definition) is 2. The zero-order chi connectivity index (χ0) is 21.6. The Balaban J connectivity index is 1.69. The normalized spacial score (nSPS) is 27.1.